The molecule has 0 saturated carbocycles. The van der Waals surface area contributed by atoms with Gasteiger partial charge in [-0.2, -0.15) is 4.68 Å². The molecule has 1 atom stereocenters. The van der Waals surface area contributed by atoms with Crippen LogP contribution in [0.15, 0.2) is 94.5 Å². The van der Waals surface area contributed by atoms with E-state index >= 15 is 0 Å². The normalized spacial score (nSPS) is 11.8. The average molecular weight is 428 g/mol. The molecule has 0 radical (unpaired) electrons. The summed E-state index contributed by atoms with van der Waals surface area (Å²) in [6.45, 7) is 0. The first-order valence-corrected chi connectivity index (χ1v) is 10.3. The predicted molar refractivity (Wildman–Crippen MR) is 123 cm³/mol. The van der Waals surface area contributed by atoms with Crippen molar-refractivity contribution in [2.45, 2.75) is 12.5 Å². The lowest BCUT2D eigenvalue weighted by Crippen LogP contribution is -2.30. The van der Waals surface area contributed by atoms with Gasteiger partial charge in [0.2, 0.25) is 0 Å². The minimum atomic E-state index is -0.443. The van der Waals surface area contributed by atoms with Gasteiger partial charge in [-0.15, -0.1) is 0 Å². The highest BCUT2D eigenvalue weighted by atomic mass is 16.2. The molecule has 3 aromatic carbocycles. The predicted octanol–water partition coefficient (Wildman–Crippen LogP) is 2.59. The second kappa shape index (κ2) is 8.93. The summed E-state index contributed by atoms with van der Waals surface area (Å²) < 4.78 is 3.55. The van der Waals surface area contributed by atoms with Crippen molar-refractivity contribution in [1.29, 1.82) is 0 Å². The molecule has 0 aliphatic heterocycles. The van der Waals surface area contributed by atoms with Crippen LogP contribution < -0.4 is 16.7 Å². The van der Waals surface area contributed by atoms with E-state index < -0.39 is 11.4 Å². The highest BCUT2D eigenvalue weighted by Gasteiger charge is 2.17. The van der Waals surface area contributed by atoms with Gasteiger partial charge in [-0.1, -0.05) is 60.7 Å². The molecule has 4 rings (SSSR count). The van der Waals surface area contributed by atoms with E-state index in [2.05, 4.69) is 5.32 Å². The maximum atomic E-state index is 13.0. The monoisotopic (exact) mass is 428 g/mol. The first-order chi connectivity index (χ1) is 15.5. The number of carbonyl (C=O) groups is 1. The van der Waals surface area contributed by atoms with Crippen LogP contribution in [0.25, 0.3) is 5.69 Å². The zero-order valence-corrected chi connectivity index (χ0v) is 17.9. The fourth-order valence-corrected chi connectivity index (χ4v) is 3.72. The number of carbonyl (C=O) groups excluding carboxylic acids is 1. The highest BCUT2D eigenvalue weighted by Crippen LogP contribution is 2.19. The van der Waals surface area contributed by atoms with Crippen LogP contribution in [0.2, 0.25) is 0 Å². The lowest BCUT2D eigenvalue weighted by Gasteiger charge is -2.20. The van der Waals surface area contributed by atoms with Gasteiger partial charge in [0.15, 0.2) is 0 Å². The van der Waals surface area contributed by atoms with Gasteiger partial charge in [-0.25, -0.2) is 18.8 Å². The molecule has 7 heteroatoms. The SMILES string of the molecule is Cn1c(=O)n(C)n(-c2ccc(C(=O)N[C@@H](Cc3ccccc3)c3ccccc3)cc2)c1=O. The summed E-state index contributed by atoms with van der Waals surface area (Å²) in [6, 6.07) is 26.3. The van der Waals surface area contributed by atoms with E-state index in [0.717, 1.165) is 15.7 Å². The molecule has 0 unspecified atom stereocenters. The Hall–Kier alpha value is -4.13. The fourth-order valence-electron chi connectivity index (χ4n) is 3.72. The van der Waals surface area contributed by atoms with Crippen molar-refractivity contribution in [3.05, 3.63) is 123 Å². The average Bonchev–Trinajstić information content (AvgIpc) is 3.02. The first kappa shape index (κ1) is 21.1. The molecule has 1 amide bonds. The van der Waals surface area contributed by atoms with E-state index in [1.54, 1.807) is 24.3 Å². The van der Waals surface area contributed by atoms with Crippen molar-refractivity contribution < 1.29 is 4.79 Å². The lowest BCUT2D eigenvalue weighted by molar-refractivity contribution is 0.0936. The standard InChI is InChI=1S/C25H24N4O3/c1-27-24(31)28(2)29(25(27)32)21-15-13-20(14-16-21)23(30)26-22(19-11-7-4-8-12-19)17-18-9-5-3-6-10-18/h3-16,22H,17H2,1-2H3,(H,26,30)/t22-/m0/s1. The summed E-state index contributed by atoms with van der Waals surface area (Å²) in [6.07, 6.45) is 0.663. The van der Waals surface area contributed by atoms with Gasteiger partial charge in [0.05, 0.1) is 11.7 Å². The number of nitrogens with zero attached hydrogens (tertiary/aromatic N) is 3. The Morgan fingerprint density at radius 3 is 1.97 bits per heavy atom. The number of amides is 1. The van der Waals surface area contributed by atoms with Crippen LogP contribution in [0.1, 0.15) is 27.5 Å². The molecule has 32 heavy (non-hydrogen) atoms. The molecule has 0 saturated heterocycles. The summed E-state index contributed by atoms with van der Waals surface area (Å²) in [5.41, 5.74) is 2.27. The number of hydrogen-bond donors (Lipinski definition) is 1. The second-order valence-electron chi connectivity index (χ2n) is 7.63. The zero-order chi connectivity index (χ0) is 22.7. The van der Waals surface area contributed by atoms with Crippen LogP contribution in [0, 0.1) is 0 Å². The van der Waals surface area contributed by atoms with E-state index in [9.17, 15) is 14.4 Å². The number of aromatic nitrogens is 3. The molecule has 0 aliphatic rings. The molecule has 0 aliphatic carbocycles. The number of nitrogens with one attached hydrogen (secondary N) is 1. The molecule has 1 aromatic heterocycles. The summed E-state index contributed by atoms with van der Waals surface area (Å²) >= 11 is 0. The van der Waals surface area contributed by atoms with E-state index in [0.29, 0.717) is 17.7 Å². The Morgan fingerprint density at radius 2 is 1.41 bits per heavy atom. The van der Waals surface area contributed by atoms with Crippen molar-refractivity contribution in [3.8, 4) is 5.69 Å². The quantitative estimate of drug-likeness (QED) is 0.513. The van der Waals surface area contributed by atoms with Gasteiger partial charge in [0, 0.05) is 19.7 Å². The van der Waals surface area contributed by atoms with Crippen LogP contribution in [-0.4, -0.2) is 19.8 Å². The molecular weight excluding hydrogens is 404 g/mol. The smallest absolute Gasteiger partial charge is 0.345 e. The summed E-state index contributed by atoms with van der Waals surface area (Å²) in [7, 11) is 2.96. The molecule has 0 spiro atoms. The first-order valence-electron chi connectivity index (χ1n) is 10.3. The zero-order valence-electron chi connectivity index (χ0n) is 17.9. The van der Waals surface area contributed by atoms with E-state index in [-0.39, 0.29) is 11.9 Å². The minimum Gasteiger partial charge on any atom is -0.345 e. The van der Waals surface area contributed by atoms with E-state index in [4.69, 9.17) is 0 Å². The van der Waals surface area contributed by atoms with Gasteiger partial charge in [-0.05, 0) is 41.8 Å². The van der Waals surface area contributed by atoms with Gasteiger partial charge < -0.3 is 5.32 Å². The third kappa shape index (κ3) is 4.18. The topological polar surface area (TPSA) is 78.0 Å². The Morgan fingerprint density at radius 1 is 0.812 bits per heavy atom. The number of rotatable bonds is 6. The van der Waals surface area contributed by atoms with Gasteiger partial charge in [-0.3, -0.25) is 4.79 Å². The van der Waals surface area contributed by atoms with Crippen molar-refractivity contribution in [2.75, 3.05) is 0 Å². The molecular formula is C25H24N4O3. The van der Waals surface area contributed by atoms with E-state index in [1.807, 2.05) is 60.7 Å². The van der Waals surface area contributed by atoms with Crippen molar-refractivity contribution in [3.63, 3.8) is 0 Å². The van der Waals surface area contributed by atoms with Crippen LogP contribution in [-0.2, 0) is 20.5 Å². The van der Waals surface area contributed by atoms with Crippen LogP contribution >= 0.6 is 0 Å². The van der Waals surface area contributed by atoms with Crippen LogP contribution in [0.3, 0.4) is 0 Å². The Balaban J connectivity index is 1.58. The van der Waals surface area contributed by atoms with Crippen LogP contribution in [0.5, 0.6) is 0 Å². The summed E-state index contributed by atoms with van der Waals surface area (Å²) in [5.74, 6) is -0.212. The Bertz CT molecular complexity index is 1330. The Labute approximate surface area is 185 Å². The van der Waals surface area contributed by atoms with E-state index in [1.165, 1.54) is 23.5 Å². The van der Waals surface area contributed by atoms with Crippen molar-refractivity contribution >= 4 is 5.91 Å². The van der Waals surface area contributed by atoms with Gasteiger partial charge >= 0.3 is 11.4 Å². The van der Waals surface area contributed by atoms with Crippen molar-refractivity contribution in [2.24, 2.45) is 14.1 Å². The minimum absolute atomic E-state index is 0.191. The molecule has 0 bridgehead atoms. The van der Waals surface area contributed by atoms with Crippen LogP contribution in [0.4, 0.5) is 0 Å². The largest absolute Gasteiger partial charge is 0.351 e. The maximum absolute atomic E-state index is 13.0. The molecule has 7 nitrogen and oxygen atoms in total. The summed E-state index contributed by atoms with van der Waals surface area (Å²) in [4.78, 5) is 37.4. The third-order valence-corrected chi connectivity index (χ3v) is 5.50. The Kier molecular flexibility index (Phi) is 5.89. The number of hydrogen-bond acceptors (Lipinski definition) is 3. The molecule has 4 aromatic rings. The molecule has 1 N–H and O–H groups in total. The highest BCUT2D eigenvalue weighted by molar-refractivity contribution is 5.94. The molecule has 0 fully saturated rings. The molecule has 162 valence electrons. The van der Waals surface area contributed by atoms with Crippen molar-refractivity contribution in [1.82, 2.24) is 19.2 Å². The summed E-state index contributed by atoms with van der Waals surface area (Å²) in [5, 5.41) is 3.13. The van der Waals surface area contributed by atoms with Gasteiger partial charge in [0.1, 0.15) is 0 Å². The molecule has 1 heterocycles. The van der Waals surface area contributed by atoms with Gasteiger partial charge in [0.25, 0.3) is 5.91 Å². The second-order valence-corrected chi connectivity index (χ2v) is 7.63. The lowest BCUT2D eigenvalue weighted by atomic mass is 9.98. The fraction of sp³-hybridized carbons (Fsp3) is 0.160. The third-order valence-electron chi connectivity index (χ3n) is 5.50. The number of benzene rings is 3. The maximum Gasteiger partial charge on any atom is 0.351 e.